The van der Waals surface area contributed by atoms with E-state index in [4.69, 9.17) is 56.8 Å². The van der Waals surface area contributed by atoms with E-state index >= 15 is 0 Å². The van der Waals surface area contributed by atoms with Crippen molar-refractivity contribution in [3.63, 3.8) is 0 Å². The maximum Gasteiger partial charge on any atom is 0.251 e. The van der Waals surface area contributed by atoms with Gasteiger partial charge in [-0.05, 0) is 141 Å². The summed E-state index contributed by atoms with van der Waals surface area (Å²) in [4.78, 5) is 111. The van der Waals surface area contributed by atoms with Crippen LogP contribution in [0, 0.1) is 26.7 Å². The zero-order valence-electron chi connectivity index (χ0n) is 75.7. The van der Waals surface area contributed by atoms with Crippen LogP contribution in [-0.4, -0.2) is 242 Å². The maximum atomic E-state index is 13.6. The molecular weight excluding hydrogens is 1750 g/mol. The number of nitrogens with one attached hydrogen (secondary N) is 12. The van der Waals surface area contributed by atoms with Crippen molar-refractivity contribution in [1.82, 2.24) is 106 Å². The first-order chi connectivity index (χ1) is 66.1. The second kappa shape index (κ2) is 40.6. The third-order valence-corrected chi connectivity index (χ3v) is 22.2. The first kappa shape index (κ1) is 91.2. The number of anilines is 8. The van der Waals surface area contributed by atoms with Gasteiger partial charge in [0, 0.05) is 124 Å². The standard InChI is InChI=1S/C25H26N6O4.C24H24N6O4.C23H21FN6O4.C22H23N7O4/c1-13-7-16(8-14(2)27-13)18-10-26-22-21(18)24(34-4)31-25(30-22)29-19-6-5-15(9-20(19)33-3)23(32)28-17-11-35-12-17;1-13-8-14(6-7-25-13)17-10-26-21-20(17)23(33-3)30-24(29-21)28-18-5-4-15(9-19(18)32-2)22(31)27-16-11-34-12-16;1-32-17-7-13(21(31)27-14-10-34-11-14)3-4-16(17)28-23-29-20-19(22(30-23)33-2)15(9-26-20)12-5-6-25-18(24)8-12;1-29-9-13(7-24-29)15-8-23-19-18(15)21(32-3)28-22(27-19)26-16-5-4-12(6-17(16)31-2)20(30)25-14-10-33-11-14/h5-10,17H,11-12H2,1-4H3,(H,28,32)(H2,26,29,30,31);4-10,16H,11-12H2,1-3H3,(H,27,31)(H2,26,28,29,30);3-9,14H,10-11H2,1-2H3,(H,27,31)(H2,26,28,29,30);4-9,14H,10-11H2,1-3H3,(H,25,30)(H2,23,26,27,28). The molecule has 136 heavy (non-hydrogen) atoms. The van der Waals surface area contributed by atoms with E-state index in [1.807, 2.05) is 76.9 Å². The molecule has 12 aromatic heterocycles. The molecule has 0 bridgehead atoms. The largest absolute Gasteiger partial charge is 0.495 e. The molecule has 4 amide bonds. The zero-order valence-corrected chi connectivity index (χ0v) is 75.7. The predicted octanol–water partition coefficient (Wildman–Crippen LogP) is 12.0. The van der Waals surface area contributed by atoms with Crippen LogP contribution in [0.1, 0.15) is 58.5 Å². The molecule has 0 unspecified atom stereocenters. The Morgan fingerprint density at radius 3 is 0.919 bits per heavy atom. The van der Waals surface area contributed by atoms with E-state index in [1.54, 1.807) is 138 Å². The number of benzene rings is 4. The number of fused-ring (bicyclic) bond motifs is 4. The summed E-state index contributed by atoms with van der Waals surface area (Å²) in [5.74, 6) is 3.37. The van der Waals surface area contributed by atoms with Gasteiger partial charge in [-0.25, -0.2) is 4.98 Å². The fourth-order valence-corrected chi connectivity index (χ4v) is 15.1. The third kappa shape index (κ3) is 20.2. The van der Waals surface area contributed by atoms with Crippen molar-refractivity contribution < 1.29 is 80.4 Å². The van der Waals surface area contributed by atoms with Gasteiger partial charge in [0.1, 0.15) is 45.6 Å². The summed E-state index contributed by atoms with van der Waals surface area (Å²) in [7, 11) is 14.2. The first-order valence-electron chi connectivity index (χ1n) is 42.7. The Morgan fingerprint density at radius 2 is 0.647 bits per heavy atom. The summed E-state index contributed by atoms with van der Waals surface area (Å²) in [6.45, 7) is 10.1. The number of methoxy groups -OCH3 is 8. The SMILES string of the molecule is COc1cc(C(=O)NC2COC2)ccc1Nc1nc(OC)c2c(-c3cc(C)nc(C)c3)c[nH]c2n1.COc1cc(C(=O)NC2COC2)ccc1Nc1nc(OC)c2c(-c3ccnc(C)c3)c[nH]c2n1.COc1cc(C(=O)NC2COC2)ccc1Nc1nc(OC)c2c(-c3ccnc(F)c3)c[nH]c2n1.COc1cc(C(=O)NC2COC2)ccc1Nc1nc(OC)c2c(-c3cnn(C)c3)c[nH]c2n1. The number of pyridine rings is 3. The maximum absolute atomic E-state index is 13.6. The van der Waals surface area contributed by atoms with Gasteiger partial charge >= 0.3 is 0 Å². The molecule has 0 aliphatic carbocycles. The van der Waals surface area contributed by atoms with Crippen LogP contribution >= 0.6 is 0 Å². The van der Waals surface area contributed by atoms with Crippen molar-refractivity contribution in [3.8, 4) is 91.0 Å². The number of aryl methyl sites for hydroxylation is 4. The lowest BCUT2D eigenvalue weighted by atomic mass is 10.1. The van der Waals surface area contributed by atoms with Crippen LogP contribution in [0.25, 0.3) is 88.6 Å². The van der Waals surface area contributed by atoms with Crippen LogP contribution < -0.4 is 80.4 Å². The highest BCUT2D eigenvalue weighted by molar-refractivity contribution is 6.03. The van der Waals surface area contributed by atoms with Crippen LogP contribution in [0.3, 0.4) is 0 Å². The van der Waals surface area contributed by atoms with Crippen molar-refractivity contribution in [3.05, 3.63) is 204 Å². The summed E-state index contributed by atoms with van der Waals surface area (Å²) in [5, 5.41) is 31.4. The fourth-order valence-electron chi connectivity index (χ4n) is 15.1. The van der Waals surface area contributed by atoms with E-state index in [9.17, 15) is 23.6 Å². The Kier molecular flexibility index (Phi) is 27.2. The summed E-state index contributed by atoms with van der Waals surface area (Å²) < 4.78 is 80.0. The number of nitrogens with zero attached hydrogens (tertiary/aromatic N) is 13. The van der Waals surface area contributed by atoms with Crippen molar-refractivity contribution in [2.45, 2.75) is 44.9 Å². The number of halogens is 1. The smallest absolute Gasteiger partial charge is 0.251 e. The average molecular weight is 1850 g/mol. The molecule has 0 spiro atoms. The fraction of sp³-hybridized carbons (Fsp3) is 0.255. The van der Waals surface area contributed by atoms with Gasteiger partial charge in [0.2, 0.25) is 53.3 Å². The van der Waals surface area contributed by atoms with E-state index in [1.165, 1.54) is 33.6 Å². The molecule has 16 heterocycles. The zero-order chi connectivity index (χ0) is 94.8. The molecule has 4 aliphatic rings. The van der Waals surface area contributed by atoms with Gasteiger partial charge in [0.05, 0.1) is 184 Å². The van der Waals surface area contributed by atoms with Crippen molar-refractivity contribution >= 4 is 114 Å². The minimum absolute atomic E-state index is 0.0261. The molecule has 698 valence electrons. The molecule has 41 nitrogen and oxygen atoms in total. The Bertz CT molecular complexity index is 6920. The number of carbonyl (C=O) groups is 4. The highest BCUT2D eigenvalue weighted by Crippen LogP contribution is 2.42. The highest BCUT2D eigenvalue weighted by Gasteiger charge is 2.30. The Labute approximate surface area is 774 Å². The monoisotopic (exact) mass is 1850 g/mol. The lowest BCUT2D eigenvalue weighted by Crippen LogP contribution is -2.48. The molecule has 4 saturated heterocycles. The molecule has 4 aromatic carbocycles. The van der Waals surface area contributed by atoms with Gasteiger partial charge in [-0.2, -0.15) is 49.4 Å². The number of amides is 4. The number of hydrogen-bond acceptors (Lipinski definition) is 32. The first-order valence-corrected chi connectivity index (χ1v) is 42.7. The van der Waals surface area contributed by atoms with E-state index in [0.717, 1.165) is 66.6 Å². The second-order valence-corrected chi connectivity index (χ2v) is 31.5. The van der Waals surface area contributed by atoms with Crippen LogP contribution in [0.4, 0.5) is 50.9 Å². The molecule has 0 atom stereocenters. The topological polar surface area (TPSA) is 498 Å². The summed E-state index contributed by atoms with van der Waals surface area (Å²) in [6.07, 6.45) is 14.2. The van der Waals surface area contributed by atoms with Crippen LogP contribution in [-0.2, 0) is 26.0 Å². The molecule has 20 rings (SSSR count). The second-order valence-electron chi connectivity index (χ2n) is 31.5. The van der Waals surface area contributed by atoms with E-state index in [-0.39, 0.29) is 53.7 Å². The minimum Gasteiger partial charge on any atom is -0.495 e. The van der Waals surface area contributed by atoms with Crippen molar-refractivity contribution in [1.29, 1.82) is 0 Å². The Morgan fingerprint density at radius 1 is 0.353 bits per heavy atom. The predicted molar refractivity (Wildman–Crippen MR) is 501 cm³/mol. The number of H-pyrrole nitrogens is 4. The minimum atomic E-state index is -0.588. The number of ether oxygens (including phenoxy) is 12. The van der Waals surface area contributed by atoms with Gasteiger partial charge in [-0.1, -0.05) is 0 Å². The molecule has 16 aromatic rings. The van der Waals surface area contributed by atoms with Gasteiger partial charge in [-0.15, -0.1) is 0 Å². The van der Waals surface area contributed by atoms with Gasteiger partial charge in [-0.3, -0.25) is 33.8 Å². The molecule has 4 aliphatic heterocycles. The number of rotatable bonds is 28. The van der Waals surface area contributed by atoms with E-state index < -0.39 is 5.95 Å². The van der Waals surface area contributed by atoms with E-state index in [2.05, 4.69) is 122 Å². The highest BCUT2D eigenvalue weighted by atomic mass is 19.1. The van der Waals surface area contributed by atoms with Crippen LogP contribution in [0.5, 0.6) is 46.5 Å². The number of carbonyl (C=O) groups excluding carboxylic acids is 4. The summed E-state index contributed by atoms with van der Waals surface area (Å²) in [5.41, 5.74) is 16.4. The molecule has 42 heteroatoms. The van der Waals surface area contributed by atoms with Gasteiger partial charge < -0.3 is 119 Å². The van der Waals surface area contributed by atoms with Gasteiger partial charge in [0.25, 0.3) is 23.6 Å². The quantitative estimate of drug-likeness (QED) is 0.0203. The van der Waals surface area contributed by atoms with Gasteiger partial charge in [0.15, 0.2) is 0 Å². The molecule has 0 radical (unpaired) electrons. The van der Waals surface area contributed by atoms with E-state index in [0.29, 0.717) is 201 Å². The molecule has 4 fully saturated rings. The normalized spacial score (nSPS) is 13.4. The molecule has 12 N–H and O–H groups in total. The van der Waals surface area contributed by atoms with Crippen molar-refractivity contribution in [2.24, 2.45) is 7.05 Å². The lowest BCUT2D eigenvalue weighted by molar-refractivity contribution is -0.00347. The summed E-state index contributed by atoms with van der Waals surface area (Å²) in [6, 6.07) is 31.6. The van der Waals surface area contributed by atoms with Crippen LogP contribution in [0.15, 0.2) is 159 Å². The Balaban J connectivity index is 0.000000126. The van der Waals surface area contributed by atoms with Crippen LogP contribution in [0.2, 0.25) is 0 Å². The van der Waals surface area contributed by atoms with Crippen molar-refractivity contribution in [2.75, 3.05) is 131 Å². The summed E-state index contributed by atoms with van der Waals surface area (Å²) >= 11 is 0. The lowest BCUT2D eigenvalue weighted by Gasteiger charge is -2.26. The average Bonchev–Trinajstić information content (AvgIpc) is 1.64. The molecular formula is C94H94FN25O16. The number of hydrogen-bond donors (Lipinski definition) is 12. The Hall–Kier alpha value is -16.7. The third-order valence-electron chi connectivity index (χ3n) is 22.2. The number of aromatic amines is 4. The molecule has 0 saturated carbocycles. The number of aromatic nitrogens is 17.